The zero-order chi connectivity index (χ0) is 18.9. The minimum Gasteiger partial charge on any atom is -0.494 e. The maximum absolute atomic E-state index is 12.0. The van der Waals surface area contributed by atoms with Crippen LogP contribution in [0.15, 0.2) is 48.5 Å². The van der Waals surface area contributed by atoms with Crippen LogP contribution in [0, 0.1) is 0 Å². The van der Waals surface area contributed by atoms with Crippen LogP contribution in [0.3, 0.4) is 0 Å². The fourth-order valence-corrected chi connectivity index (χ4v) is 2.23. The lowest BCUT2D eigenvalue weighted by Crippen LogP contribution is -2.23. The van der Waals surface area contributed by atoms with Gasteiger partial charge >= 0.3 is 0 Å². The first-order valence-corrected chi connectivity index (χ1v) is 8.60. The maximum Gasteiger partial charge on any atom is 0.243 e. The summed E-state index contributed by atoms with van der Waals surface area (Å²) in [5, 5.41) is 5.89. The number of nitrogens with one attached hydrogen (secondary N) is 2. The van der Waals surface area contributed by atoms with Gasteiger partial charge in [0.1, 0.15) is 5.75 Å². The van der Waals surface area contributed by atoms with E-state index < -0.39 is 0 Å². The largest absolute Gasteiger partial charge is 0.494 e. The molecule has 0 saturated heterocycles. The molecule has 0 unspecified atom stereocenters. The molecule has 2 N–H and O–H groups in total. The number of carbonyl (C=O) groups excluding carboxylic acids is 2. The van der Waals surface area contributed by atoms with Gasteiger partial charge in [-0.15, -0.1) is 0 Å². The Morgan fingerprint density at radius 2 is 1.62 bits per heavy atom. The lowest BCUT2D eigenvalue weighted by atomic mass is 10.2. The second-order valence-corrected chi connectivity index (χ2v) is 5.90. The molecule has 0 atom stereocenters. The van der Waals surface area contributed by atoms with Gasteiger partial charge in [-0.3, -0.25) is 9.59 Å². The zero-order valence-electron chi connectivity index (χ0n) is 15.4. The molecule has 2 aromatic carbocycles. The van der Waals surface area contributed by atoms with E-state index in [1.54, 1.807) is 11.9 Å². The average Bonchev–Trinajstić information content (AvgIpc) is 2.65. The van der Waals surface area contributed by atoms with E-state index in [2.05, 4.69) is 17.6 Å². The van der Waals surface area contributed by atoms with Crippen molar-refractivity contribution in [3.05, 3.63) is 48.5 Å². The van der Waals surface area contributed by atoms with Crippen molar-refractivity contribution >= 4 is 28.9 Å². The van der Waals surface area contributed by atoms with E-state index in [0.717, 1.165) is 29.2 Å². The van der Waals surface area contributed by atoms with Crippen molar-refractivity contribution in [1.29, 1.82) is 0 Å². The third-order valence-electron chi connectivity index (χ3n) is 3.79. The van der Waals surface area contributed by atoms with Gasteiger partial charge in [0.05, 0.1) is 13.2 Å². The minimum atomic E-state index is -0.142. The predicted octanol–water partition coefficient (Wildman–Crippen LogP) is 3.51. The van der Waals surface area contributed by atoms with E-state index in [4.69, 9.17) is 4.74 Å². The van der Waals surface area contributed by atoms with Gasteiger partial charge in [0.2, 0.25) is 11.8 Å². The van der Waals surface area contributed by atoms with Gasteiger partial charge in [0.25, 0.3) is 0 Å². The maximum atomic E-state index is 12.0. The van der Waals surface area contributed by atoms with E-state index in [1.807, 2.05) is 48.5 Å². The molecule has 0 fully saturated rings. The second kappa shape index (κ2) is 9.46. The van der Waals surface area contributed by atoms with Crippen LogP contribution >= 0.6 is 0 Å². The molecule has 0 aromatic heterocycles. The summed E-state index contributed by atoms with van der Waals surface area (Å²) in [6, 6.07) is 14.6. The van der Waals surface area contributed by atoms with Gasteiger partial charge in [-0.2, -0.15) is 0 Å². The Hall–Kier alpha value is -3.02. The third kappa shape index (κ3) is 5.81. The monoisotopic (exact) mass is 355 g/mol. The number of carbonyl (C=O) groups is 2. The quantitative estimate of drug-likeness (QED) is 0.760. The Balaban J connectivity index is 1.82. The molecule has 2 amide bonds. The fraction of sp³-hybridized carbons (Fsp3) is 0.300. The fourth-order valence-electron chi connectivity index (χ4n) is 2.23. The first-order chi connectivity index (χ1) is 12.5. The molecule has 26 heavy (non-hydrogen) atoms. The molecule has 0 saturated carbocycles. The SMILES string of the molecule is CCCOc1ccc(NC(=O)CNc2ccc(N(C)C(C)=O)cc2)cc1. The number of rotatable bonds is 8. The molecule has 6 heteroatoms. The molecule has 0 aliphatic rings. The first kappa shape index (κ1) is 19.3. The van der Waals surface area contributed by atoms with Crippen molar-refractivity contribution in [3.63, 3.8) is 0 Å². The molecule has 0 bridgehead atoms. The summed E-state index contributed by atoms with van der Waals surface area (Å²) < 4.78 is 5.51. The first-order valence-electron chi connectivity index (χ1n) is 8.60. The van der Waals surface area contributed by atoms with Crippen LogP contribution in [0.5, 0.6) is 5.75 Å². The summed E-state index contributed by atoms with van der Waals surface area (Å²) in [5.74, 6) is 0.618. The lowest BCUT2D eigenvalue weighted by Gasteiger charge is -2.15. The van der Waals surface area contributed by atoms with Crippen LogP contribution in [0.2, 0.25) is 0 Å². The van der Waals surface area contributed by atoms with Crippen molar-refractivity contribution in [2.24, 2.45) is 0 Å². The summed E-state index contributed by atoms with van der Waals surface area (Å²) in [6.45, 7) is 4.39. The lowest BCUT2D eigenvalue weighted by molar-refractivity contribution is -0.116. The average molecular weight is 355 g/mol. The molecule has 2 aromatic rings. The van der Waals surface area contributed by atoms with Crippen molar-refractivity contribution in [1.82, 2.24) is 0 Å². The Labute approximate surface area is 154 Å². The highest BCUT2D eigenvalue weighted by atomic mass is 16.5. The molecule has 0 aliphatic heterocycles. The summed E-state index contributed by atoms with van der Waals surface area (Å²) in [5.41, 5.74) is 2.33. The van der Waals surface area contributed by atoms with E-state index in [0.29, 0.717) is 6.61 Å². The Bertz CT molecular complexity index is 727. The van der Waals surface area contributed by atoms with Crippen molar-refractivity contribution < 1.29 is 14.3 Å². The normalized spacial score (nSPS) is 10.1. The second-order valence-electron chi connectivity index (χ2n) is 5.90. The number of amides is 2. The smallest absolute Gasteiger partial charge is 0.243 e. The number of hydrogen-bond acceptors (Lipinski definition) is 4. The van der Waals surface area contributed by atoms with Crippen molar-refractivity contribution in [3.8, 4) is 5.75 Å². The predicted molar refractivity (Wildman–Crippen MR) is 105 cm³/mol. The van der Waals surface area contributed by atoms with Gasteiger partial charge < -0.3 is 20.3 Å². The number of benzene rings is 2. The highest BCUT2D eigenvalue weighted by Gasteiger charge is 2.06. The topological polar surface area (TPSA) is 70.7 Å². The zero-order valence-corrected chi connectivity index (χ0v) is 15.4. The molecule has 0 heterocycles. The van der Waals surface area contributed by atoms with Crippen molar-refractivity contribution in [2.45, 2.75) is 20.3 Å². The van der Waals surface area contributed by atoms with Crippen LogP contribution in [0.1, 0.15) is 20.3 Å². The van der Waals surface area contributed by atoms with Crippen molar-refractivity contribution in [2.75, 3.05) is 35.7 Å². The van der Waals surface area contributed by atoms with Gasteiger partial charge in [0.15, 0.2) is 0 Å². The highest BCUT2D eigenvalue weighted by Crippen LogP contribution is 2.18. The molecule has 0 aliphatic carbocycles. The molecular weight excluding hydrogens is 330 g/mol. The summed E-state index contributed by atoms with van der Waals surface area (Å²) in [7, 11) is 1.72. The van der Waals surface area contributed by atoms with Crippen LogP contribution in [0.4, 0.5) is 17.1 Å². The van der Waals surface area contributed by atoms with Crippen LogP contribution < -0.4 is 20.3 Å². The number of anilines is 3. The van der Waals surface area contributed by atoms with Gasteiger partial charge in [-0.1, -0.05) is 6.92 Å². The van der Waals surface area contributed by atoms with E-state index >= 15 is 0 Å². The number of hydrogen-bond donors (Lipinski definition) is 2. The van der Waals surface area contributed by atoms with E-state index in [9.17, 15) is 9.59 Å². The highest BCUT2D eigenvalue weighted by molar-refractivity contribution is 5.94. The Morgan fingerprint density at radius 1 is 1.00 bits per heavy atom. The van der Waals surface area contributed by atoms with Gasteiger partial charge in [-0.05, 0) is 55.0 Å². The number of nitrogens with zero attached hydrogens (tertiary/aromatic N) is 1. The standard InChI is InChI=1S/C20H25N3O3/c1-4-13-26-19-11-7-17(8-12-19)22-20(25)14-21-16-5-9-18(10-6-16)23(3)15(2)24/h5-12,21H,4,13-14H2,1-3H3,(H,22,25). The van der Waals surface area contributed by atoms with Crippen LogP contribution in [0.25, 0.3) is 0 Å². The Morgan fingerprint density at radius 3 is 2.19 bits per heavy atom. The Kier molecular flexibility index (Phi) is 7.02. The molecule has 6 nitrogen and oxygen atoms in total. The molecular formula is C20H25N3O3. The number of ether oxygens (including phenoxy) is 1. The summed E-state index contributed by atoms with van der Waals surface area (Å²) in [6.07, 6.45) is 0.955. The van der Waals surface area contributed by atoms with Crippen LogP contribution in [-0.4, -0.2) is 32.0 Å². The van der Waals surface area contributed by atoms with Gasteiger partial charge in [-0.25, -0.2) is 0 Å². The summed E-state index contributed by atoms with van der Waals surface area (Å²) >= 11 is 0. The van der Waals surface area contributed by atoms with E-state index in [1.165, 1.54) is 6.92 Å². The van der Waals surface area contributed by atoms with E-state index in [-0.39, 0.29) is 18.4 Å². The molecule has 2 rings (SSSR count). The van der Waals surface area contributed by atoms with Gasteiger partial charge in [0, 0.05) is 31.0 Å². The molecule has 0 spiro atoms. The molecule has 138 valence electrons. The summed E-state index contributed by atoms with van der Waals surface area (Å²) in [4.78, 5) is 24.9. The third-order valence-corrected chi connectivity index (χ3v) is 3.79. The van der Waals surface area contributed by atoms with Crippen LogP contribution in [-0.2, 0) is 9.59 Å². The molecule has 0 radical (unpaired) electrons. The minimum absolute atomic E-state index is 0.0313.